The van der Waals surface area contributed by atoms with Crippen LogP contribution in [-0.2, 0) is 4.74 Å². The normalized spacial score (nSPS) is 11.2. The molecule has 0 aromatic heterocycles. The zero-order valence-electron chi connectivity index (χ0n) is 9.17. The summed E-state index contributed by atoms with van der Waals surface area (Å²) in [5.41, 5.74) is 0.406. The molecule has 1 aromatic carbocycles. The van der Waals surface area contributed by atoms with Crippen molar-refractivity contribution >= 4 is 5.97 Å². The first-order valence-corrected chi connectivity index (χ1v) is 5.28. The molecule has 0 radical (unpaired) electrons. The molecule has 1 rings (SSSR count). The van der Waals surface area contributed by atoms with E-state index < -0.39 is 18.6 Å². The lowest BCUT2D eigenvalue weighted by Gasteiger charge is -2.06. The van der Waals surface area contributed by atoms with E-state index >= 15 is 0 Å². The maximum atomic E-state index is 11.8. The molecule has 0 atom stereocenters. The largest absolute Gasteiger partial charge is 0.462 e. The maximum Gasteiger partial charge on any atom is 0.389 e. The highest BCUT2D eigenvalue weighted by Gasteiger charge is 2.25. The van der Waals surface area contributed by atoms with E-state index in [9.17, 15) is 18.0 Å². The van der Waals surface area contributed by atoms with Crippen LogP contribution in [0.5, 0.6) is 0 Å². The third-order valence-corrected chi connectivity index (χ3v) is 2.10. The molecule has 0 heterocycles. The predicted molar refractivity (Wildman–Crippen MR) is 56.6 cm³/mol. The van der Waals surface area contributed by atoms with Crippen molar-refractivity contribution in [3.05, 3.63) is 35.9 Å². The number of esters is 1. The Morgan fingerprint density at radius 2 is 1.76 bits per heavy atom. The SMILES string of the molecule is O=C(OCCCCC(F)(F)F)c1ccccc1. The summed E-state index contributed by atoms with van der Waals surface area (Å²) in [6.45, 7) is 0.0177. The molecule has 0 fully saturated rings. The van der Waals surface area contributed by atoms with Crippen molar-refractivity contribution < 1.29 is 22.7 Å². The molecule has 0 unspecified atom stereocenters. The first-order chi connectivity index (χ1) is 7.99. The molecule has 0 aliphatic heterocycles. The number of halogens is 3. The minimum atomic E-state index is -4.14. The first-order valence-electron chi connectivity index (χ1n) is 5.28. The van der Waals surface area contributed by atoms with E-state index in [0.717, 1.165) is 0 Å². The van der Waals surface area contributed by atoms with E-state index in [0.29, 0.717) is 5.56 Å². The molecule has 0 N–H and O–H groups in total. The number of alkyl halides is 3. The van der Waals surface area contributed by atoms with Crippen molar-refractivity contribution in [2.45, 2.75) is 25.4 Å². The molecule has 2 nitrogen and oxygen atoms in total. The summed E-state index contributed by atoms with van der Waals surface area (Å²) in [6, 6.07) is 8.34. The molecular weight excluding hydrogens is 233 g/mol. The number of unbranched alkanes of at least 4 members (excludes halogenated alkanes) is 1. The topological polar surface area (TPSA) is 26.3 Å². The number of hydrogen-bond acceptors (Lipinski definition) is 2. The van der Waals surface area contributed by atoms with Gasteiger partial charge in [-0.2, -0.15) is 13.2 Å². The molecule has 0 bridgehead atoms. The van der Waals surface area contributed by atoms with Crippen molar-refractivity contribution in [2.24, 2.45) is 0 Å². The van der Waals surface area contributed by atoms with Gasteiger partial charge in [0.1, 0.15) is 0 Å². The van der Waals surface area contributed by atoms with Gasteiger partial charge < -0.3 is 4.74 Å². The van der Waals surface area contributed by atoms with Gasteiger partial charge in [-0.3, -0.25) is 0 Å². The average Bonchev–Trinajstić information content (AvgIpc) is 2.28. The lowest BCUT2D eigenvalue weighted by Crippen LogP contribution is -2.09. The molecule has 94 valence electrons. The van der Waals surface area contributed by atoms with Crippen LogP contribution in [0.25, 0.3) is 0 Å². The van der Waals surface area contributed by atoms with Gasteiger partial charge in [-0.15, -0.1) is 0 Å². The number of ether oxygens (including phenoxy) is 1. The Labute approximate surface area is 97.4 Å². The second-order valence-electron chi connectivity index (χ2n) is 3.57. The summed E-state index contributed by atoms with van der Waals surface area (Å²) in [5, 5.41) is 0. The molecule has 0 aliphatic rings. The Morgan fingerprint density at radius 3 is 2.35 bits per heavy atom. The van der Waals surface area contributed by atoms with Crippen LogP contribution in [0.2, 0.25) is 0 Å². The lowest BCUT2D eigenvalue weighted by molar-refractivity contribution is -0.135. The molecule has 1 aromatic rings. The number of benzene rings is 1. The van der Waals surface area contributed by atoms with Crippen molar-refractivity contribution in [3.63, 3.8) is 0 Å². The summed E-state index contributed by atoms with van der Waals surface area (Å²) in [6.07, 6.45) is -4.77. The van der Waals surface area contributed by atoms with Crippen LogP contribution in [0, 0.1) is 0 Å². The molecule has 0 aliphatic carbocycles. The van der Waals surface area contributed by atoms with Crippen molar-refractivity contribution in [1.82, 2.24) is 0 Å². The number of hydrogen-bond donors (Lipinski definition) is 0. The van der Waals surface area contributed by atoms with Gasteiger partial charge in [0.05, 0.1) is 12.2 Å². The van der Waals surface area contributed by atoms with Crippen molar-refractivity contribution in [3.8, 4) is 0 Å². The fourth-order valence-electron chi connectivity index (χ4n) is 1.25. The van der Waals surface area contributed by atoms with Gasteiger partial charge in [0.15, 0.2) is 0 Å². The lowest BCUT2D eigenvalue weighted by atomic mass is 10.2. The van der Waals surface area contributed by atoms with Crippen LogP contribution in [0.3, 0.4) is 0 Å². The van der Waals surface area contributed by atoms with Crippen LogP contribution in [0.1, 0.15) is 29.6 Å². The molecule has 17 heavy (non-hydrogen) atoms. The predicted octanol–water partition coefficient (Wildman–Crippen LogP) is 3.58. The van der Waals surface area contributed by atoms with Gasteiger partial charge >= 0.3 is 12.1 Å². The highest BCUT2D eigenvalue weighted by molar-refractivity contribution is 5.89. The minimum absolute atomic E-state index is 0.0177. The summed E-state index contributed by atoms with van der Waals surface area (Å²) in [5.74, 6) is -0.502. The number of carbonyl (C=O) groups is 1. The van der Waals surface area contributed by atoms with Gasteiger partial charge in [0.2, 0.25) is 0 Å². The standard InChI is InChI=1S/C12H13F3O2/c13-12(14,15)8-4-5-9-17-11(16)10-6-2-1-3-7-10/h1-3,6-7H,4-5,8-9H2. The second-order valence-corrected chi connectivity index (χ2v) is 3.57. The van der Waals surface area contributed by atoms with Crippen LogP contribution < -0.4 is 0 Å². The van der Waals surface area contributed by atoms with Crippen LogP contribution in [0.4, 0.5) is 13.2 Å². The molecule has 0 saturated carbocycles. The zero-order chi connectivity index (χ0) is 12.7. The smallest absolute Gasteiger partial charge is 0.389 e. The summed E-state index contributed by atoms with van der Waals surface area (Å²) < 4.78 is 40.2. The van der Waals surface area contributed by atoms with Crippen LogP contribution in [0.15, 0.2) is 30.3 Å². The Hall–Kier alpha value is -1.52. The second kappa shape index (κ2) is 6.27. The summed E-state index contributed by atoms with van der Waals surface area (Å²) in [7, 11) is 0. The Morgan fingerprint density at radius 1 is 1.12 bits per heavy atom. The van der Waals surface area contributed by atoms with Gasteiger partial charge in [0.25, 0.3) is 0 Å². The van der Waals surface area contributed by atoms with E-state index in [1.54, 1.807) is 30.3 Å². The molecule has 5 heteroatoms. The van der Waals surface area contributed by atoms with Crippen LogP contribution in [-0.4, -0.2) is 18.8 Å². The van der Waals surface area contributed by atoms with Gasteiger partial charge in [-0.1, -0.05) is 18.2 Å². The fourth-order valence-corrected chi connectivity index (χ4v) is 1.25. The molecule has 0 spiro atoms. The first kappa shape index (κ1) is 13.5. The Bertz CT molecular complexity index is 347. The van der Waals surface area contributed by atoms with Gasteiger partial charge in [-0.25, -0.2) is 4.79 Å². The Balaban J connectivity index is 2.18. The zero-order valence-corrected chi connectivity index (χ0v) is 9.17. The number of rotatable bonds is 5. The Kier molecular flexibility index (Phi) is 5.00. The third kappa shape index (κ3) is 5.94. The highest BCUT2D eigenvalue weighted by Crippen LogP contribution is 2.22. The van der Waals surface area contributed by atoms with Crippen molar-refractivity contribution in [1.29, 1.82) is 0 Å². The maximum absolute atomic E-state index is 11.8. The van der Waals surface area contributed by atoms with E-state index in [-0.39, 0.29) is 19.4 Å². The minimum Gasteiger partial charge on any atom is -0.462 e. The van der Waals surface area contributed by atoms with E-state index in [1.165, 1.54) is 0 Å². The number of carbonyl (C=O) groups excluding carboxylic acids is 1. The molecule has 0 saturated heterocycles. The average molecular weight is 246 g/mol. The van der Waals surface area contributed by atoms with E-state index in [1.807, 2.05) is 0 Å². The van der Waals surface area contributed by atoms with E-state index in [2.05, 4.69) is 0 Å². The van der Waals surface area contributed by atoms with Crippen molar-refractivity contribution in [2.75, 3.05) is 6.61 Å². The monoisotopic (exact) mass is 246 g/mol. The van der Waals surface area contributed by atoms with E-state index in [4.69, 9.17) is 4.74 Å². The van der Waals surface area contributed by atoms with Crippen LogP contribution >= 0.6 is 0 Å². The van der Waals surface area contributed by atoms with Gasteiger partial charge in [-0.05, 0) is 25.0 Å². The molecular formula is C12H13F3O2. The summed E-state index contributed by atoms with van der Waals surface area (Å²) >= 11 is 0. The van der Waals surface area contributed by atoms with Gasteiger partial charge in [0, 0.05) is 6.42 Å². The fraction of sp³-hybridized carbons (Fsp3) is 0.417. The highest BCUT2D eigenvalue weighted by atomic mass is 19.4. The quantitative estimate of drug-likeness (QED) is 0.586. The summed E-state index contributed by atoms with van der Waals surface area (Å²) in [4.78, 5) is 11.4. The molecule has 0 amide bonds. The third-order valence-electron chi connectivity index (χ3n) is 2.10.